The lowest BCUT2D eigenvalue weighted by Crippen LogP contribution is -2.16. The van der Waals surface area contributed by atoms with Crippen LogP contribution in [0.4, 0.5) is 5.69 Å². The average molecular weight is 207 g/mol. The molecule has 3 N–H and O–H groups in total. The van der Waals surface area contributed by atoms with Crippen molar-refractivity contribution in [1.82, 2.24) is 0 Å². The fourth-order valence-electron chi connectivity index (χ4n) is 1.91. The topological polar surface area (TPSA) is 69.6 Å². The Balaban J connectivity index is 2.34. The normalized spacial score (nSPS) is 19.9. The molecule has 0 amide bonds. The molecule has 4 heteroatoms. The molecule has 4 nitrogen and oxygen atoms in total. The van der Waals surface area contributed by atoms with Gasteiger partial charge in [0.1, 0.15) is 5.75 Å². The first-order valence-corrected chi connectivity index (χ1v) is 4.96. The highest BCUT2D eigenvalue weighted by atomic mass is 16.4. The van der Waals surface area contributed by atoms with Crippen LogP contribution in [0.3, 0.4) is 0 Å². The molecule has 0 bridgehead atoms. The van der Waals surface area contributed by atoms with Crippen LogP contribution >= 0.6 is 0 Å². The third-order valence-corrected chi connectivity index (χ3v) is 2.74. The molecular weight excluding hydrogens is 194 g/mol. The summed E-state index contributed by atoms with van der Waals surface area (Å²) in [5.74, 6) is -0.938. The SMILES string of the molecule is O=C(O)C1CCNc2c(O)cccc2C1. The van der Waals surface area contributed by atoms with Gasteiger partial charge in [-0.1, -0.05) is 12.1 Å². The number of carboxylic acids is 1. The minimum absolute atomic E-state index is 0.193. The van der Waals surface area contributed by atoms with Crippen LogP contribution in [0, 0.1) is 5.92 Å². The number of fused-ring (bicyclic) bond motifs is 1. The van der Waals surface area contributed by atoms with Gasteiger partial charge in [-0.25, -0.2) is 0 Å². The standard InChI is InChI=1S/C11H13NO3/c13-9-3-1-2-7-6-8(11(14)15)4-5-12-10(7)9/h1-3,8,12-13H,4-6H2,(H,14,15). The Morgan fingerprint density at radius 1 is 1.47 bits per heavy atom. The number of rotatable bonds is 1. The number of phenolic OH excluding ortho intramolecular Hbond substituents is 1. The zero-order valence-electron chi connectivity index (χ0n) is 8.23. The summed E-state index contributed by atoms with van der Waals surface area (Å²) in [6.07, 6.45) is 1.06. The number of benzene rings is 1. The number of aromatic hydroxyl groups is 1. The van der Waals surface area contributed by atoms with E-state index < -0.39 is 5.97 Å². The van der Waals surface area contributed by atoms with E-state index >= 15 is 0 Å². The Bertz CT molecular complexity index is 389. The third-order valence-electron chi connectivity index (χ3n) is 2.74. The summed E-state index contributed by atoms with van der Waals surface area (Å²) in [7, 11) is 0. The molecule has 0 aliphatic carbocycles. The van der Waals surface area contributed by atoms with E-state index in [-0.39, 0.29) is 11.7 Å². The maximum Gasteiger partial charge on any atom is 0.306 e. The number of hydrogen-bond donors (Lipinski definition) is 3. The van der Waals surface area contributed by atoms with Gasteiger partial charge in [0, 0.05) is 6.54 Å². The molecule has 0 saturated heterocycles. The Hall–Kier alpha value is -1.71. The van der Waals surface area contributed by atoms with Gasteiger partial charge < -0.3 is 15.5 Å². The lowest BCUT2D eigenvalue weighted by atomic mass is 9.97. The van der Waals surface area contributed by atoms with Gasteiger partial charge in [0.25, 0.3) is 0 Å². The van der Waals surface area contributed by atoms with Gasteiger partial charge in [-0.2, -0.15) is 0 Å². The van der Waals surface area contributed by atoms with Gasteiger partial charge in [0.15, 0.2) is 0 Å². The first-order chi connectivity index (χ1) is 7.18. The number of phenols is 1. The van der Waals surface area contributed by atoms with Crippen LogP contribution in [0.25, 0.3) is 0 Å². The Kier molecular flexibility index (Phi) is 2.49. The van der Waals surface area contributed by atoms with Crippen molar-refractivity contribution in [3.63, 3.8) is 0 Å². The second kappa shape index (κ2) is 3.81. The number of aliphatic carboxylic acids is 1. The number of hydrogen-bond acceptors (Lipinski definition) is 3. The van der Waals surface area contributed by atoms with Gasteiger partial charge in [-0.05, 0) is 24.5 Å². The molecule has 0 saturated carbocycles. The van der Waals surface area contributed by atoms with Crippen LogP contribution in [-0.2, 0) is 11.2 Å². The molecule has 1 heterocycles. The molecule has 0 spiro atoms. The number of anilines is 1. The lowest BCUT2D eigenvalue weighted by molar-refractivity contribution is -0.141. The number of para-hydroxylation sites is 1. The van der Waals surface area contributed by atoms with E-state index in [0.29, 0.717) is 25.1 Å². The summed E-state index contributed by atoms with van der Waals surface area (Å²) in [4.78, 5) is 10.9. The van der Waals surface area contributed by atoms with Crippen LogP contribution < -0.4 is 5.32 Å². The molecule has 1 aromatic carbocycles. The Morgan fingerprint density at radius 3 is 3.00 bits per heavy atom. The zero-order valence-corrected chi connectivity index (χ0v) is 8.23. The summed E-state index contributed by atoms with van der Waals surface area (Å²) in [5, 5.41) is 21.6. The number of nitrogens with one attached hydrogen (secondary N) is 1. The lowest BCUT2D eigenvalue weighted by Gasteiger charge is -2.09. The summed E-state index contributed by atoms with van der Waals surface area (Å²) in [6.45, 7) is 0.585. The van der Waals surface area contributed by atoms with Gasteiger partial charge in [0.05, 0.1) is 11.6 Å². The first kappa shape index (κ1) is 9.83. The molecule has 15 heavy (non-hydrogen) atoms. The molecule has 1 unspecified atom stereocenters. The quantitative estimate of drug-likeness (QED) is 0.609. The second-order valence-electron chi connectivity index (χ2n) is 3.77. The number of carboxylic acid groups (broad SMARTS) is 1. The molecule has 1 aliphatic rings. The molecule has 80 valence electrons. The second-order valence-corrected chi connectivity index (χ2v) is 3.77. The van der Waals surface area contributed by atoms with Crippen LogP contribution in [0.1, 0.15) is 12.0 Å². The highest BCUT2D eigenvalue weighted by molar-refractivity contribution is 5.72. The van der Waals surface area contributed by atoms with Crippen molar-refractivity contribution in [3.8, 4) is 5.75 Å². The minimum Gasteiger partial charge on any atom is -0.506 e. The van der Waals surface area contributed by atoms with E-state index in [4.69, 9.17) is 5.11 Å². The fraction of sp³-hybridized carbons (Fsp3) is 0.364. The average Bonchev–Trinajstić information content (AvgIpc) is 2.40. The van der Waals surface area contributed by atoms with E-state index in [0.717, 1.165) is 5.56 Å². The van der Waals surface area contributed by atoms with Crippen molar-refractivity contribution in [2.45, 2.75) is 12.8 Å². The van der Waals surface area contributed by atoms with Crippen molar-refractivity contribution >= 4 is 11.7 Å². The van der Waals surface area contributed by atoms with E-state index in [1.165, 1.54) is 0 Å². The molecule has 1 atom stereocenters. The predicted octanol–water partition coefficient (Wildman–Crippen LogP) is 1.45. The van der Waals surface area contributed by atoms with Gasteiger partial charge in [-0.3, -0.25) is 4.79 Å². The summed E-state index contributed by atoms with van der Waals surface area (Å²) in [5.41, 5.74) is 1.56. The molecule has 0 aromatic heterocycles. The van der Waals surface area contributed by atoms with Gasteiger partial charge in [-0.15, -0.1) is 0 Å². The molecule has 0 fully saturated rings. The minimum atomic E-state index is -0.770. The highest BCUT2D eigenvalue weighted by Gasteiger charge is 2.23. The molecule has 0 radical (unpaired) electrons. The Labute approximate surface area is 87.6 Å². The van der Waals surface area contributed by atoms with Crippen LogP contribution in [0.15, 0.2) is 18.2 Å². The van der Waals surface area contributed by atoms with Crippen LogP contribution in [0.2, 0.25) is 0 Å². The maximum absolute atomic E-state index is 10.9. The van der Waals surface area contributed by atoms with Crippen molar-refractivity contribution in [3.05, 3.63) is 23.8 Å². The summed E-state index contributed by atoms with van der Waals surface area (Å²) < 4.78 is 0. The molecule has 1 aromatic rings. The summed E-state index contributed by atoms with van der Waals surface area (Å²) in [6, 6.07) is 5.19. The summed E-state index contributed by atoms with van der Waals surface area (Å²) >= 11 is 0. The predicted molar refractivity (Wildman–Crippen MR) is 56.0 cm³/mol. The maximum atomic E-state index is 10.9. The monoisotopic (exact) mass is 207 g/mol. The van der Waals surface area contributed by atoms with Crippen molar-refractivity contribution in [2.75, 3.05) is 11.9 Å². The van der Waals surface area contributed by atoms with Crippen LogP contribution in [-0.4, -0.2) is 22.7 Å². The van der Waals surface area contributed by atoms with E-state index in [1.54, 1.807) is 12.1 Å². The van der Waals surface area contributed by atoms with Crippen molar-refractivity contribution < 1.29 is 15.0 Å². The number of carbonyl (C=O) groups is 1. The van der Waals surface area contributed by atoms with Crippen LogP contribution in [0.5, 0.6) is 5.75 Å². The Morgan fingerprint density at radius 2 is 2.27 bits per heavy atom. The smallest absolute Gasteiger partial charge is 0.306 e. The van der Waals surface area contributed by atoms with Crippen molar-refractivity contribution in [1.29, 1.82) is 0 Å². The van der Waals surface area contributed by atoms with Gasteiger partial charge >= 0.3 is 5.97 Å². The highest BCUT2D eigenvalue weighted by Crippen LogP contribution is 2.31. The molecule has 1 aliphatic heterocycles. The zero-order chi connectivity index (χ0) is 10.8. The van der Waals surface area contributed by atoms with E-state index in [1.807, 2.05) is 6.07 Å². The fourth-order valence-corrected chi connectivity index (χ4v) is 1.91. The van der Waals surface area contributed by atoms with E-state index in [9.17, 15) is 9.90 Å². The largest absolute Gasteiger partial charge is 0.506 e. The van der Waals surface area contributed by atoms with Crippen molar-refractivity contribution in [2.24, 2.45) is 5.92 Å². The third kappa shape index (κ3) is 1.88. The van der Waals surface area contributed by atoms with Gasteiger partial charge in [0.2, 0.25) is 0 Å². The molecular formula is C11H13NO3. The molecule has 2 rings (SSSR count). The first-order valence-electron chi connectivity index (χ1n) is 4.96. The van der Waals surface area contributed by atoms with E-state index in [2.05, 4.69) is 5.32 Å².